The number of nitrogens with one attached hydrogen (secondary N) is 1. The molecule has 0 atom stereocenters. The van der Waals surface area contributed by atoms with Crippen LogP contribution in [0.1, 0.15) is 30.4 Å². The first-order chi connectivity index (χ1) is 12.6. The van der Waals surface area contributed by atoms with Gasteiger partial charge in [-0.25, -0.2) is 0 Å². The van der Waals surface area contributed by atoms with Crippen molar-refractivity contribution in [2.45, 2.75) is 32.7 Å². The predicted molar refractivity (Wildman–Crippen MR) is 109 cm³/mol. The van der Waals surface area contributed by atoms with E-state index in [0.29, 0.717) is 12.3 Å². The quantitative estimate of drug-likeness (QED) is 0.756. The van der Waals surface area contributed by atoms with E-state index in [2.05, 4.69) is 50.4 Å². The van der Waals surface area contributed by atoms with Crippen LogP contribution in [-0.2, 0) is 11.3 Å². The number of nitrogens with zero attached hydrogens (tertiary/aromatic N) is 1. The maximum atomic E-state index is 12.0. The van der Waals surface area contributed by atoms with Crippen LogP contribution in [0, 0.1) is 6.92 Å². The smallest absolute Gasteiger partial charge is 0.258 e. The monoisotopic (exact) mass is 416 g/mol. The van der Waals surface area contributed by atoms with Crippen LogP contribution in [0.2, 0.25) is 0 Å². The van der Waals surface area contributed by atoms with E-state index in [1.807, 2.05) is 25.1 Å². The van der Waals surface area contributed by atoms with Crippen molar-refractivity contribution in [3.8, 4) is 5.75 Å². The van der Waals surface area contributed by atoms with Crippen molar-refractivity contribution in [3.63, 3.8) is 0 Å². The second kappa shape index (κ2) is 9.08. The van der Waals surface area contributed by atoms with Gasteiger partial charge in [-0.1, -0.05) is 28.1 Å². The van der Waals surface area contributed by atoms with Crippen molar-refractivity contribution >= 4 is 27.5 Å². The van der Waals surface area contributed by atoms with Gasteiger partial charge >= 0.3 is 0 Å². The van der Waals surface area contributed by atoms with Crippen molar-refractivity contribution in [3.05, 3.63) is 58.1 Å². The van der Waals surface area contributed by atoms with E-state index < -0.39 is 0 Å². The van der Waals surface area contributed by atoms with E-state index in [9.17, 15) is 4.79 Å². The van der Waals surface area contributed by atoms with E-state index in [-0.39, 0.29) is 12.5 Å². The number of ether oxygens (including phenoxy) is 1. The minimum Gasteiger partial charge on any atom is -0.484 e. The number of piperidine rings is 1. The molecule has 1 amide bonds. The van der Waals surface area contributed by atoms with Crippen molar-refractivity contribution in [1.82, 2.24) is 5.32 Å². The number of carbonyl (C=O) groups is 1. The molecule has 1 saturated heterocycles. The molecule has 2 aromatic rings. The molecule has 0 radical (unpaired) electrons. The second-order valence-corrected chi connectivity index (χ2v) is 7.54. The molecule has 1 N–H and O–H groups in total. The van der Waals surface area contributed by atoms with Gasteiger partial charge in [0.05, 0.1) is 0 Å². The predicted octanol–water partition coefficient (Wildman–Crippen LogP) is 4.44. The molecule has 138 valence electrons. The minimum absolute atomic E-state index is 0.0208. The summed E-state index contributed by atoms with van der Waals surface area (Å²) in [6, 6.07) is 14.2. The summed E-state index contributed by atoms with van der Waals surface area (Å²) in [5.41, 5.74) is 3.45. The highest BCUT2D eigenvalue weighted by molar-refractivity contribution is 9.10. The fourth-order valence-electron chi connectivity index (χ4n) is 3.08. The van der Waals surface area contributed by atoms with Gasteiger partial charge in [0.1, 0.15) is 5.75 Å². The largest absolute Gasteiger partial charge is 0.484 e. The first-order valence-corrected chi connectivity index (χ1v) is 9.91. The molecule has 0 bridgehead atoms. The topological polar surface area (TPSA) is 41.6 Å². The summed E-state index contributed by atoms with van der Waals surface area (Å²) >= 11 is 3.45. The van der Waals surface area contributed by atoms with Crippen LogP contribution >= 0.6 is 15.9 Å². The summed E-state index contributed by atoms with van der Waals surface area (Å²) in [4.78, 5) is 14.4. The van der Waals surface area contributed by atoms with Crippen molar-refractivity contribution in [2.75, 3.05) is 24.6 Å². The van der Waals surface area contributed by atoms with Crippen LogP contribution in [0.3, 0.4) is 0 Å². The Kier molecular flexibility index (Phi) is 6.56. The maximum absolute atomic E-state index is 12.0. The Bertz CT molecular complexity index is 740. The van der Waals surface area contributed by atoms with E-state index in [1.165, 1.54) is 24.9 Å². The van der Waals surface area contributed by atoms with Gasteiger partial charge in [0, 0.05) is 29.8 Å². The second-order valence-electron chi connectivity index (χ2n) is 6.69. The summed E-state index contributed by atoms with van der Waals surface area (Å²) in [6.07, 6.45) is 3.88. The van der Waals surface area contributed by atoms with E-state index in [1.54, 1.807) is 0 Å². The lowest BCUT2D eigenvalue weighted by atomic mass is 10.1. The summed E-state index contributed by atoms with van der Waals surface area (Å²) < 4.78 is 6.58. The summed E-state index contributed by atoms with van der Waals surface area (Å²) in [7, 11) is 0. The number of carbonyl (C=O) groups excluding carboxylic acids is 1. The van der Waals surface area contributed by atoms with E-state index in [4.69, 9.17) is 4.74 Å². The van der Waals surface area contributed by atoms with Crippen molar-refractivity contribution in [1.29, 1.82) is 0 Å². The zero-order valence-corrected chi connectivity index (χ0v) is 16.7. The lowest BCUT2D eigenvalue weighted by Gasteiger charge is -2.28. The zero-order chi connectivity index (χ0) is 18.4. The van der Waals surface area contributed by atoms with E-state index in [0.717, 1.165) is 28.7 Å². The van der Waals surface area contributed by atoms with Gasteiger partial charge in [0.2, 0.25) is 0 Å². The number of halogens is 1. The lowest BCUT2D eigenvalue weighted by molar-refractivity contribution is -0.123. The van der Waals surface area contributed by atoms with Gasteiger partial charge in [0.15, 0.2) is 6.61 Å². The molecule has 0 spiro atoms. The van der Waals surface area contributed by atoms with Gasteiger partial charge in [0.25, 0.3) is 5.91 Å². The highest BCUT2D eigenvalue weighted by atomic mass is 79.9. The fourth-order valence-corrected chi connectivity index (χ4v) is 3.33. The first kappa shape index (κ1) is 18.8. The maximum Gasteiger partial charge on any atom is 0.258 e. The molecule has 1 heterocycles. The molecule has 26 heavy (non-hydrogen) atoms. The third-order valence-corrected chi connectivity index (χ3v) is 5.54. The minimum atomic E-state index is -0.120. The van der Waals surface area contributed by atoms with Crippen molar-refractivity contribution in [2.24, 2.45) is 0 Å². The standard InChI is InChI=1S/C21H25BrN2O2/c1-16-13-19(9-10-20(16)22)26-15-21(25)23-14-17-5-7-18(8-6-17)24-11-3-2-4-12-24/h5-10,13H,2-4,11-12,14-15H2,1H3,(H,23,25). The highest BCUT2D eigenvalue weighted by Gasteiger charge is 2.10. The molecular formula is C21H25BrN2O2. The first-order valence-electron chi connectivity index (χ1n) is 9.11. The molecular weight excluding hydrogens is 392 g/mol. The molecule has 1 fully saturated rings. The van der Waals surface area contributed by atoms with E-state index >= 15 is 0 Å². The van der Waals surface area contributed by atoms with Gasteiger partial charge in [-0.05, 0) is 67.6 Å². The van der Waals surface area contributed by atoms with Crippen molar-refractivity contribution < 1.29 is 9.53 Å². The Hall–Kier alpha value is -2.01. The van der Waals surface area contributed by atoms with Gasteiger partial charge < -0.3 is 15.0 Å². The molecule has 0 saturated carbocycles. The van der Waals surface area contributed by atoms with Crippen LogP contribution in [0.5, 0.6) is 5.75 Å². The summed E-state index contributed by atoms with van der Waals surface area (Å²) in [5, 5.41) is 2.91. The lowest BCUT2D eigenvalue weighted by Crippen LogP contribution is -2.29. The average Bonchev–Trinajstić information content (AvgIpc) is 2.68. The Morgan fingerprint density at radius 3 is 2.54 bits per heavy atom. The number of aryl methyl sites for hydroxylation is 1. The number of hydrogen-bond acceptors (Lipinski definition) is 3. The molecule has 2 aromatic carbocycles. The number of rotatable bonds is 6. The van der Waals surface area contributed by atoms with Gasteiger partial charge in [-0.2, -0.15) is 0 Å². The zero-order valence-electron chi connectivity index (χ0n) is 15.1. The Labute approximate surface area is 163 Å². The fraction of sp³-hybridized carbons (Fsp3) is 0.381. The number of anilines is 1. The molecule has 5 heteroatoms. The van der Waals surface area contributed by atoms with Crippen LogP contribution < -0.4 is 15.0 Å². The molecule has 0 unspecified atom stereocenters. The Morgan fingerprint density at radius 2 is 1.85 bits per heavy atom. The molecule has 1 aliphatic heterocycles. The van der Waals surface area contributed by atoms with Gasteiger partial charge in [-0.3, -0.25) is 4.79 Å². The summed E-state index contributed by atoms with van der Waals surface area (Å²) in [6.45, 7) is 4.81. The van der Waals surface area contributed by atoms with Gasteiger partial charge in [-0.15, -0.1) is 0 Å². The van der Waals surface area contributed by atoms with Crippen LogP contribution in [0.15, 0.2) is 46.9 Å². The summed E-state index contributed by atoms with van der Waals surface area (Å²) in [5.74, 6) is 0.581. The van der Waals surface area contributed by atoms with Crippen LogP contribution in [-0.4, -0.2) is 25.6 Å². The highest BCUT2D eigenvalue weighted by Crippen LogP contribution is 2.22. The Morgan fingerprint density at radius 1 is 1.12 bits per heavy atom. The normalized spacial score (nSPS) is 14.2. The molecule has 0 aromatic heterocycles. The molecule has 0 aliphatic carbocycles. The number of hydrogen-bond donors (Lipinski definition) is 1. The van der Waals surface area contributed by atoms with Crippen LogP contribution in [0.4, 0.5) is 5.69 Å². The Balaban J connectivity index is 1.44. The van der Waals surface area contributed by atoms with Crippen LogP contribution in [0.25, 0.3) is 0 Å². The number of benzene rings is 2. The number of amides is 1. The third kappa shape index (κ3) is 5.24. The molecule has 4 nitrogen and oxygen atoms in total. The molecule has 3 rings (SSSR count). The SMILES string of the molecule is Cc1cc(OCC(=O)NCc2ccc(N3CCCCC3)cc2)ccc1Br. The molecule has 1 aliphatic rings. The average molecular weight is 417 g/mol. The third-order valence-electron chi connectivity index (χ3n) is 4.65.